The first-order valence-corrected chi connectivity index (χ1v) is 24.9. The number of hydrogen-bond donors (Lipinski definition) is 4. The number of rotatable bonds is 29. The van der Waals surface area contributed by atoms with E-state index in [1.165, 1.54) is 24.0 Å². The monoisotopic (exact) mass is 1020 g/mol. The van der Waals surface area contributed by atoms with Crippen LogP contribution in [0.15, 0.2) is 121 Å². The Hall–Kier alpha value is -7.19. The minimum absolute atomic E-state index is 0.0135. The summed E-state index contributed by atoms with van der Waals surface area (Å²) in [6.45, 7) is 8.13. The van der Waals surface area contributed by atoms with Crippen LogP contribution in [0, 0.1) is 0 Å². The first kappa shape index (κ1) is 57.7. The van der Waals surface area contributed by atoms with Crippen LogP contribution >= 0.6 is 0 Å². The number of nitrogens with one attached hydrogen (secondary N) is 4. The summed E-state index contributed by atoms with van der Waals surface area (Å²) in [6.07, 6.45) is 0.289. The fourth-order valence-corrected chi connectivity index (χ4v) is 7.65. The summed E-state index contributed by atoms with van der Waals surface area (Å²) in [5, 5.41) is 14.6. The first-order valence-electron chi connectivity index (χ1n) is 24.9. The number of amides is 7. The van der Waals surface area contributed by atoms with Crippen LogP contribution in [0.2, 0.25) is 0 Å². The molecule has 1 saturated heterocycles. The van der Waals surface area contributed by atoms with Crippen LogP contribution in [-0.4, -0.2) is 113 Å². The van der Waals surface area contributed by atoms with Crippen molar-refractivity contribution in [3.05, 3.63) is 144 Å². The molecule has 0 spiro atoms. The number of carbonyl (C=O) groups is 7. The van der Waals surface area contributed by atoms with Gasteiger partial charge in [0, 0.05) is 33.5 Å². The molecule has 4 atom stereocenters. The van der Waals surface area contributed by atoms with Gasteiger partial charge in [-0.2, -0.15) is 0 Å². The Morgan fingerprint density at radius 1 is 0.541 bits per heavy atom. The molecule has 0 aliphatic carbocycles. The highest BCUT2D eigenvalue weighted by molar-refractivity contribution is 5.97. The van der Waals surface area contributed by atoms with E-state index >= 15 is 0 Å². The van der Waals surface area contributed by atoms with Gasteiger partial charge >= 0.3 is 6.09 Å². The van der Waals surface area contributed by atoms with Crippen molar-refractivity contribution in [1.29, 1.82) is 0 Å². The quantitative estimate of drug-likeness (QED) is 0.0472. The number of ether oxygens (including phenoxy) is 2. The van der Waals surface area contributed by atoms with Gasteiger partial charge in [-0.1, -0.05) is 121 Å². The van der Waals surface area contributed by atoms with E-state index in [0.717, 1.165) is 27.3 Å². The number of benzene rings is 4. The lowest BCUT2D eigenvalue weighted by Gasteiger charge is -2.31. The summed E-state index contributed by atoms with van der Waals surface area (Å²) in [5.41, 5.74) is 2.41. The molecule has 1 aliphatic rings. The number of hydroxylamine groups is 6. The Labute approximate surface area is 433 Å². The van der Waals surface area contributed by atoms with Crippen LogP contribution in [0.4, 0.5) is 4.79 Å². The van der Waals surface area contributed by atoms with Crippen molar-refractivity contribution in [1.82, 2.24) is 36.5 Å². The Balaban J connectivity index is 1.26. The maximum Gasteiger partial charge on any atom is 0.408 e. The van der Waals surface area contributed by atoms with E-state index in [1.54, 1.807) is 20.8 Å². The van der Waals surface area contributed by atoms with E-state index in [2.05, 4.69) is 21.3 Å². The van der Waals surface area contributed by atoms with Gasteiger partial charge in [-0.15, -0.1) is 0 Å². The predicted molar refractivity (Wildman–Crippen MR) is 273 cm³/mol. The van der Waals surface area contributed by atoms with Crippen molar-refractivity contribution in [3.8, 4) is 0 Å². The molecule has 74 heavy (non-hydrogen) atoms. The second kappa shape index (κ2) is 30.1. The Bertz CT molecular complexity index is 2390. The largest absolute Gasteiger partial charge is 0.444 e. The van der Waals surface area contributed by atoms with Crippen LogP contribution in [0.25, 0.3) is 0 Å². The van der Waals surface area contributed by atoms with Crippen LogP contribution in [0.3, 0.4) is 0 Å². The minimum atomic E-state index is -1.35. The van der Waals surface area contributed by atoms with Gasteiger partial charge in [0.25, 0.3) is 5.91 Å². The van der Waals surface area contributed by atoms with Crippen molar-refractivity contribution in [3.63, 3.8) is 0 Å². The molecule has 0 radical (unpaired) electrons. The smallest absolute Gasteiger partial charge is 0.408 e. The molecule has 398 valence electrons. The van der Waals surface area contributed by atoms with Crippen molar-refractivity contribution in [2.75, 3.05) is 26.2 Å². The van der Waals surface area contributed by atoms with Gasteiger partial charge in [-0.05, 0) is 81.5 Å². The number of carbonyl (C=O) groups excluding carboxylic acids is 7. The van der Waals surface area contributed by atoms with Crippen molar-refractivity contribution in [2.24, 2.45) is 0 Å². The summed E-state index contributed by atoms with van der Waals surface area (Å²) in [6, 6.07) is 32.8. The minimum Gasteiger partial charge on any atom is -0.444 e. The molecule has 0 unspecified atom stereocenters. The molecule has 19 nitrogen and oxygen atoms in total. The van der Waals surface area contributed by atoms with E-state index in [4.69, 9.17) is 24.0 Å². The third kappa shape index (κ3) is 20.7. The molecule has 0 bridgehead atoms. The second-order valence-corrected chi connectivity index (χ2v) is 18.8. The molecule has 1 fully saturated rings. The third-order valence-corrected chi connectivity index (χ3v) is 11.5. The van der Waals surface area contributed by atoms with Crippen molar-refractivity contribution in [2.45, 2.75) is 129 Å². The van der Waals surface area contributed by atoms with Gasteiger partial charge < -0.3 is 30.7 Å². The van der Waals surface area contributed by atoms with E-state index < -0.39 is 53.6 Å². The first-order chi connectivity index (χ1) is 35.5. The van der Waals surface area contributed by atoms with Crippen molar-refractivity contribution >= 4 is 41.5 Å². The zero-order chi connectivity index (χ0) is 53.3. The highest BCUT2D eigenvalue weighted by Gasteiger charge is 2.35. The summed E-state index contributed by atoms with van der Waals surface area (Å²) in [7, 11) is 0. The average molecular weight is 1020 g/mol. The Kier molecular flexibility index (Phi) is 23.5. The molecule has 4 aromatic rings. The van der Waals surface area contributed by atoms with E-state index in [-0.39, 0.29) is 102 Å². The van der Waals surface area contributed by atoms with E-state index in [0.29, 0.717) is 6.42 Å². The molecule has 0 aromatic heterocycles. The van der Waals surface area contributed by atoms with Gasteiger partial charge in [0.15, 0.2) is 0 Å². The molecule has 4 N–H and O–H groups in total. The van der Waals surface area contributed by atoms with Gasteiger partial charge in [-0.25, -0.2) is 20.0 Å². The average Bonchev–Trinajstić information content (AvgIpc) is 3.37. The molecule has 5 rings (SSSR count). The SMILES string of the molecule is CC(=O)N(CCC[C@H](NC(=O)OC(C)(C)C)C(=O)N[C@@H](COCc1ccccc1)C(=O)N(CCC[C@@H]1NC(=O)[C@H](CCCN(OCc2ccccc2)C(C)=O)NC1=O)OCc1ccccc1)OCc1ccccc1. The van der Waals surface area contributed by atoms with Crippen LogP contribution in [0.5, 0.6) is 0 Å². The zero-order valence-corrected chi connectivity index (χ0v) is 43.0. The maximum atomic E-state index is 14.7. The summed E-state index contributed by atoms with van der Waals surface area (Å²) < 4.78 is 11.6. The highest BCUT2D eigenvalue weighted by Crippen LogP contribution is 2.15. The Morgan fingerprint density at radius 3 is 1.35 bits per heavy atom. The molecule has 19 heteroatoms. The summed E-state index contributed by atoms with van der Waals surface area (Å²) in [4.78, 5) is 112. The van der Waals surface area contributed by atoms with E-state index in [9.17, 15) is 33.6 Å². The standard InChI is InChI=1S/C55H71N7O12/c1-40(63)60(71-36-43-23-12-7-13-24-43)32-18-29-46-50(65)57-47(51(66)56-46)30-20-34-62(73-38-45-27-16-9-17-28-45)53(68)49(39-70-35-42-21-10-6-11-22-42)58-52(67)48(59-54(69)74-55(3,4)5)31-19-33-61(41(2)64)72-37-44-25-14-8-15-26-44/h6-17,21-28,46-49H,18-20,29-39H2,1-5H3,(H,56,66)(H,57,65)(H,58,67)(H,59,69)/t46-,47-,48-,49-/m0/s1. The molecular weight excluding hydrogens is 951 g/mol. The maximum absolute atomic E-state index is 14.7. The van der Waals surface area contributed by atoms with Crippen LogP contribution in [0.1, 0.15) is 95.4 Å². The highest BCUT2D eigenvalue weighted by atomic mass is 16.7. The lowest BCUT2D eigenvalue weighted by Crippen LogP contribution is -2.61. The lowest BCUT2D eigenvalue weighted by atomic mass is 10.0. The van der Waals surface area contributed by atoms with Crippen molar-refractivity contribution < 1.29 is 57.5 Å². The second-order valence-electron chi connectivity index (χ2n) is 18.8. The topological polar surface area (TPSA) is 223 Å². The predicted octanol–water partition coefficient (Wildman–Crippen LogP) is 5.83. The number of piperazine rings is 1. The zero-order valence-electron chi connectivity index (χ0n) is 43.0. The molecule has 0 saturated carbocycles. The molecule has 1 heterocycles. The van der Waals surface area contributed by atoms with Gasteiger partial charge in [0.2, 0.25) is 29.5 Å². The van der Waals surface area contributed by atoms with Gasteiger partial charge in [-0.3, -0.25) is 43.3 Å². The van der Waals surface area contributed by atoms with Gasteiger partial charge in [0.1, 0.15) is 49.6 Å². The summed E-state index contributed by atoms with van der Waals surface area (Å²) >= 11 is 0. The molecule has 1 aliphatic heterocycles. The normalized spacial score (nSPS) is 15.1. The molecule has 4 aromatic carbocycles. The fraction of sp³-hybridized carbons (Fsp3) is 0.436. The fourth-order valence-electron chi connectivity index (χ4n) is 7.65. The van der Waals surface area contributed by atoms with Crippen LogP contribution in [-0.2, 0) is 79.2 Å². The van der Waals surface area contributed by atoms with E-state index in [1.807, 2.05) is 121 Å². The van der Waals surface area contributed by atoms with Crippen LogP contribution < -0.4 is 21.3 Å². The number of hydrogen-bond acceptors (Lipinski definition) is 12. The lowest BCUT2D eigenvalue weighted by molar-refractivity contribution is -0.196. The number of nitrogens with zero attached hydrogens (tertiary/aromatic N) is 3. The Morgan fingerprint density at radius 2 is 0.932 bits per heavy atom. The van der Waals surface area contributed by atoms with Gasteiger partial charge in [0.05, 0.1) is 13.2 Å². The number of alkyl carbamates (subject to hydrolysis) is 1. The third-order valence-electron chi connectivity index (χ3n) is 11.5. The molecular formula is C55H71N7O12. The summed E-state index contributed by atoms with van der Waals surface area (Å²) in [5.74, 6) is -2.85. The molecule has 7 amide bonds.